The molecule has 5 heteroatoms. The van der Waals surface area contributed by atoms with E-state index in [2.05, 4.69) is 4.90 Å². The quantitative estimate of drug-likeness (QED) is 0.790. The van der Waals surface area contributed by atoms with E-state index in [0.29, 0.717) is 16.7 Å². The third kappa shape index (κ3) is 3.53. The van der Waals surface area contributed by atoms with Gasteiger partial charge in [-0.05, 0) is 37.8 Å². The fourth-order valence-electron chi connectivity index (χ4n) is 3.24. The van der Waals surface area contributed by atoms with Crippen LogP contribution < -0.4 is 4.74 Å². The van der Waals surface area contributed by atoms with Crippen LogP contribution in [0.5, 0.6) is 5.75 Å². The van der Waals surface area contributed by atoms with Gasteiger partial charge in [-0.3, -0.25) is 0 Å². The normalized spacial score (nSPS) is 22.3. The van der Waals surface area contributed by atoms with Crippen molar-refractivity contribution >= 4 is 23.2 Å². The van der Waals surface area contributed by atoms with Crippen molar-refractivity contribution in [3.8, 4) is 5.75 Å². The molecule has 0 amide bonds. The number of likely N-dealkylation sites (tertiary alicyclic amines) is 1. The molecular formula is C17H23Cl2NO2. The molecule has 2 fully saturated rings. The molecule has 1 saturated carbocycles. The van der Waals surface area contributed by atoms with Gasteiger partial charge in [-0.2, -0.15) is 0 Å². The average molecular weight is 344 g/mol. The first-order chi connectivity index (χ1) is 10.6. The first-order valence-electron chi connectivity index (χ1n) is 7.99. The van der Waals surface area contributed by atoms with Crippen molar-refractivity contribution in [3.05, 3.63) is 28.2 Å². The Kier molecular flexibility index (Phi) is 5.18. The summed E-state index contributed by atoms with van der Waals surface area (Å²) in [5.74, 6) is 0.743. The molecule has 3 nitrogen and oxygen atoms in total. The Labute approximate surface area is 142 Å². The lowest BCUT2D eigenvalue weighted by Crippen LogP contribution is -2.53. The third-order valence-corrected chi connectivity index (χ3v) is 5.87. The number of nitrogens with zero attached hydrogens (tertiary/aromatic N) is 1. The van der Waals surface area contributed by atoms with Crippen LogP contribution in [0, 0.1) is 0 Å². The van der Waals surface area contributed by atoms with Crippen LogP contribution in [-0.4, -0.2) is 43.3 Å². The molecule has 122 valence electrons. The second kappa shape index (κ2) is 6.96. The van der Waals surface area contributed by atoms with Gasteiger partial charge < -0.3 is 14.4 Å². The average Bonchev–Trinajstić information content (AvgIpc) is 2.48. The third-order valence-electron chi connectivity index (χ3n) is 5.13. The van der Waals surface area contributed by atoms with E-state index in [1.54, 1.807) is 19.2 Å². The first kappa shape index (κ1) is 16.4. The van der Waals surface area contributed by atoms with E-state index < -0.39 is 0 Å². The summed E-state index contributed by atoms with van der Waals surface area (Å²) in [4.78, 5) is 2.61. The lowest BCUT2D eigenvalue weighted by Gasteiger charge is -2.45. The lowest BCUT2D eigenvalue weighted by atomic mass is 9.86. The highest BCUT2D eigenvalue weighted by atomic mass is 35.5. The van der Waals surface area contributed by atoms with Crippen LogP contribution in [0.1, 0.15) is 32.1 Å². The van der Waals surface area contributed by atoms with Crippen molar-refractivity contribution in [3.63, 3.8) is 0 Å². The van der Waals surface area contributed by atoms with E-state index in [-0.39, 0.29) is 5.60 Å². The minimum absolute atomic E-state index is 0.188. The molecule has 2 aliphatic rings. The van der Waals surface area contributed by atoms with Gasteiger partial charge in [-0.25, -0.2) is 0 Å². The number of ether oxygens (including phenoxy) is 2. The Balaban J connectivity index is 1.56. The molecule has 0 bridgehead atoms. The fraction of sp³-hybridized carbons (Fsp3) is 0.647. The van der Waals surface area contributed by atoms with Crippen molar-refractivity contribution in [2.24, 2.45) is 0 Å². The van der Waals surface area contributed by atoms with Gasteiger partial charge in [-0.1, -0.05) is 29.6 Å². The van der Waals surface area contributed by atoms with Crippen molar-refractivity contribution in [1.29, 1.82) is 0 Å². The second-order valence-electron chi connectivity index (χ2n) is 6.37. The predicted octanol–water partition coefficient (Wildman–Crippen LogP) is 4.41. The number of halogens is 2. The predicted molar refractivity (Wildman–Crippen MR) is 90.1 cm³/mol. The van der Waals surface area contributed by atoms with E-state index in [9.17, 15) is 0 Å². The van der Waals surface area contributed by atoms with E-state index in [4.69, 9.17) is 32.7 Å². The van der Waals surface area contributed by atoms with Gasteiger partial charge in [0.1, 0.15) is 18.0 Å². The molecule has 1 saturated heterocycles. The highest BCUT2D eigenvalue weighted by molar-refractivity contribution is 6.42. The zero-order chi connectivity index (χ0) is 15.6. The van der Waals surface area contributed by atoms with E-state index in [1.165, 1.54) is 19.3 Å². The number of methoxy groups -OCH3 is 1. The second-order valence-corrected chi connectivity index (χ2v) is 7.19. The Hall–Kier alpha value is -0.480. The van der Waals surface area contributed by atoms with E-state index in [0.717, 1.165) is 37.7 Å². The number of rotatable bonds is 5. The van der Waals surface area contributed by atoms with Crippen LogP contribution in [0.4, 0.5) is 0 Å². The molecule has 0 unspecified atom stereocenters. The molecule has 0 spiro atoms. The minimum atomic E-state index is -0.188. The largest absolute Gasteiger partial charge is 0.491 e. The van der Waals surface area contributed by atoms with Crippen LogP contribution in [0.25, 0.3) is 0 Å². The molecule has 0 radical (unpaired) electrons. The van der Waals surface area contributed by atoms with Crippen molar-refractivity contribution in [2.75, 3.05) is 26.8 Å². The maximum atomic E-state index is 6.03. The van der Waals surface area contributed by atoms with Gasteiger partial charge in [0.2, 0.25) is 0 Å². The van der Waals surface area contributed by atoms with E-state index in [1.807, 2.05) is 6.07 Å². The van der Waals surface area contributed by atoms with E-state index >= 15 is 0 Å². The van der Waals surface area contributed by atoms with Gasteiger partial charge in [0.05, 0.1) is 10.0 Å². The van der Waals surface area contributed by atoms with Crippen molar-refractivity contribution in [1.82, 2.24) is 4.90 Å². The molecule has 0 atom stereocenters. The van der Waals surface area contributed by atoms with Crippen LogP contribution in [0.15, 0.2) is 18.2 Å². The summed E-state index contributed by atoms with van der Waals surface area (Å²) in [6.45, 7) is 2.76. The lowest BCUT2D eigenvalue weighted by molar-refractivity contribution is -0.0922. The number of hydrogen-bond acceptors (Lipinski definition) is 3. The molecule has 3 rings (SSSR count). The smallest absolute Gasteiger partial charge is 0.121 e. The summed E-state index contributed by atoms with van der Waals surface area (Å²) >= 11 is 12.0. The number of benzene rings is 1. The Morgan fingerprint density at radius 1 is 1.18 bits per heavy atom. The molecule has 0 aromatic heterocycles. The number of hydrogen-bond donors (Lipinski definition) is 0. The van der Waals surface area contributed by atoms with Gasteiger partial charge >= 0.3 is 0 Å². The summed E-state index contributed by atoms with van der Waals surface area (Å²) in [6, 6.07) is 6.18. The summed E-state index contributed by atoms with van der Waals surface area (Å²) in [5.41, 5.74) is -0.188. The molecule has 0 N–H and O–H groups in total. The molecule has 1 aromatic rings. The highest BCUT2D eigenvalue weighted by Crippen LogP contribution is 2.33. The SMILES string of the molecule is COC1(COc2ccc(Cl)c(Cl)c2)CCN(C2CCC2)CC1. The fourth-order valence-corrected chi connectivity index (χ4v) is 3.53. The Bertz CT molecular complexity index is 511. The Morgan fingerprint density at radius 3 is 2.45 bits per heavy atom. The van der Waals surface area contributed by atoms with Gasteiger partial charge in [-0.15, -0.1) is 0 Å². The molecular weight excluding hydrogens is 321 g/mol. The van der Waals surface area contributed by atoms with Crippen molar-refractivity contribution < 1.29 is 9.47 Å². The van der Waals surface area contributed by atoms with Crippen LogP contribution in [0.2, 0.25) is 10.0 Å². The zero-order valence-electron chi connectivity index (χ0n) is 13.0. The highest BCUT2D eigenvalue weighted by Gasteiger charge is 2.38. The zero-order valence-corrected chi connectivity index (χ0v) is 14.5. The summed E-state index contributed by atoms with van der Waals surface area (Å²) in [6.07, 6.45) is 6.14. The van der Waals surface area contributed by atoms with Gasteiger partial charge in [0.25, 0.3) is 0 Å². The number of piperidine rings is 1. The summed E-state index contributed by atoms with van der Waals surface area (Å²) < 4.78 is 11.7. The molecule has 22 heavy (non-hydrogen) atoms. The minimum Gasteiger partial charge on any atom is -0.491 e. The molecule has 1 aromatic carbocycles. The Morgan fingerprint density at radius 2 is 1.91 bits per heavy atom. The first-order valence-corrected chi connectivity index (χ1v) is 8.74. The monoisotopic (exact) mass is 343 g/mol. The van der Waals surface area contributed by atoms with Crippen molar-refractivity contribution in [2.45, 2.75) is 43.7 Å². The van der Waals surface area contributed by atoms with Gasteiger partial charge in [0, 0.05) is 32.3 Å². The van der Waals surface area contributed by atoms with Crippen LogP contribution in [-0.2, 0) is 4.74 Å². The van der Waals surface area contributed by atoms with Gasteiger partial charge in [0.15, 0.2) is 0 Å². The molecule has 1 heterocycles. The topological polar surface area (TPSA) is 21.7 Å². The van der Waals surface area contributed by atoms with Crippen LogP contribution >= 0.6 is 23.2 Å². The standard InChI is InChI=1S/C17H23Cl2NO2/c1-21-17(7-9-20(10-8-17)13-3-2-4-13)12-22-14-5-6-15(18)16(19)11-14/h5-6,11,13H,2-4,7-10,12H2,1H3. The van der Waals surface area contributed by atoms with Crippen LogP contribution in [0.3, 0.4) is 0 Å². The molecule has 1 aliphatic heterocycles. The maximum Gasteiger partial charge on any atom is 0.121 e. The summed E-state index contributed by atoms with van der Waals surface area (Å²) in [5, 5.41) is 1.06. The summed E-state index contributed by atoms with van der Waals surface area (Å²) in [7, 11) is 1.79. The maximum absolute atomic E-state index is 6.03. The molecule has 1 aliphatic carbocycles.